The first-order valence-electron chi connectivity index (χ1n) is 13.9. The molecule has 1 spiro atoms. The third kappa shape index (κ3) is 3.75. The number of anilines is 1. The number of fused-ring (bicyclic) bond motifs is 6. The number of para-hydroxylation sites is 1. The molecule has 3 aliphatic rings. The molecule has 4 aromatic carbocycles. The van der Waals surface area contributed by atoms with Crippen LogP contribution in [0.15, 0.2) is 97.2 Å². The van der Waals surface area contributed by atoms with E-state index in [0.29, 0.717) is 17.0 Å². The van der Waals surface area contributed by atoms with E-state index in [9.17, 15) is 14.0 Å². The molecule has 7 nitrogen and oxygen atoms in total. The van der Waals surface area contributed by atoms with Gasteiger partial charge in [-0.15, -0.1) is 0 Å². The highest BCUT2D eigenvalue weighted by atomic mass is 19.1. The van der Waals surface area contributed by atoms with Crippen LogP contribution >= 0.6 is 0 Å². The maximum Gasteiger partial charge on any atom is 0.238 e. The minimum absolute atomic E-state index is 0.221. The van der Waals surface area contributed by atoms with E-state index in [4.69, 9.17) is 9.47 Å². The average Bonchev–Trinajstić information content (AvgIpc) is 3.52. The Morgan fingerprint density at radius 1 is 0.884 bits per heavy atom. The Morgan fingerprint density at radius 3 is 2.40 bits per heavy atom. The number of benzene rings is 4. The van der Waals surface area contributed by atoms with Crippen molar-refractivity contribution in [1.29, 1.82) is 0 Å². The summed E-state index contributed by atoms with van der Waals surface area (Å²) in [7, 11) is 2.97. The average molecular weight is 575 g/mol. The lowest BCUT2D eigenvalue weighted by atomic mass is 9.62. The van der Waals surface area contributed by atoms with Gasteiger partial charge in [-0.05, 0) is 65.2 Å². The van der Waals surface area contributed by atoms with E-state index in [1.807, 2.05) is 59.5 Å². The molecule has 3 aliphatic heterocycles. The summed E-state index contributed by atoms with van der Waals surface area (Å²) in [6, 6.07) is 23.3. The number of methoxy groups -OCH3 is 2. The van der Waals surface area contributed by atoms with Crippen molar-refractivity contribution in [2.24, 2.45) is 5.92 Å². The quantitative estimate of drug-likeness (QED) is 0.292. The molecule has 7 rings (SSSR count). The van der Waals surface area contributed by atoms with Crippen LogP contribution in [0, 0.1) is 11.7 Å². The number of carbonyl (C=O) groups excluding carboxylic acids is 3. The summed E-state index contributed by atoms with van der Waals surface area (Å²) < 4.78 is 24.9. The number of Topliss-reactive ketones (excluding diaryl/α,β-unsaturated/α-hetero) is 2. The number of nitrogens with zero attached hydrogens (tertiary/aromatic N) is 1. The van der Waals surface area contributed by atoms with E-state index < -0.39 is 40.8 Å². The van der Waals surface area contributed by atoms with Crippen LogP contribution in [0.3, 0.4) is 0 Å². The summed E-state index contributed by atoms with van der Waals surface area (Å²) in [6.45, 7) is 0. The van der Waals surface area contributed by atoms with Crippen LogP contribution in [0.2, 0.25) is 0 Å². The van der Waals surface area contributed by atoms with Gasteiger partial charge in [0.2, 0.25) is 5.91 Å². The number of hydrogen-bond acceptors (Lipinski definition) is 6. The lowest BCUT2D eigenvalue weighted by molar-refractivity contribution is -0.122. The SMILES string of the molecule is COc1ccc(C(=O)[C@@H]2[C@H](C(=O)c3ccc(F)cc3)N3C=Cc4ccccc4[C@@H]3[C@@]23C(=O)Nc2ccccc23)c(OC)c1. The highest BCUT2D eigenvalue weighted by Crippen LogP contribution is 2.62. The van der Waals surface area contributed by atoms with Crippen molar-refractivity contribution in [1.82, 2.24) is 4.90 Å². The zero-order valence-corrected chi connectivity index (χ0v) is 23.4. The number of nitrogens with one attached hydrogen (secondary N) is 1. The summed E-state index contributed by atoms with van der Waals surface area (Å²) in [6.07, 6.45) is 3.69. The third-order valence-electron chi connectivity index (χ3n) is 8.92. The van der Waals surface area contributed by atoms with E-state index in [-0.39, 0.29) is 22.8 Å². The van der Waals surface area contributed by atoms with E-state index in [1.54, 1.807) is 24.4 Å². The second-order valence-electron chi connectivity index (χ2n) is 10.9. The predicted octanol–water partition coefficient (Wildman–Crippen LogP) is 5.82. The summed E-state index contributed by atoms with van der Waals surface area (Å²) in [5, 5.41) is 3.03. The van der Waals surface area contributed by atoms with Crippen molar-refractivity contribution in [3.63, 3.8) is 0 Å². The first-order valence-corrected chi connectivity index (χ1v) is 13.9. The van der Waals surface area contributed by atoms with Crippen LogP contribution in [0.25, 0.3) is 6.08 Å². The Morgan fingerprint density at radius 2 is 1.63 bits per heavy atom. The molecular formula is C35H27FN2O5. The molecule has 8 heteroatoms. The minimum atomic E-state index is -1.49. The molecule has 0 radical (unpaired) electrons. The molecule has 0 aliphatic carbocycles. The molecule has 3 heterocycles. The van der Waals surface area contributed by atoms with Crippen LogP contribution in [-0.4, -0.2) is 42.6 Å². The van der Waals surface area contributed by atoms with Crippen LogP contribution in [0.1, 0.15) is 43.4 Å². The maximum absolute atomic E-state index is 15.0. The molecule has 0 saturated carbocycles. The zero-order valence-electron chi connectivity index (χ0n) is 23.4. The third-order valence-corrected chi connectivity index (χ3v) is 8.92. The fraction of sp³-hybridized carbons (Fsp3) is 0.171. The normalized spacial score (nSPS) is 22.9. The van der Waals surface area contributed by atoms with Gasteiger partial charge in [-0.2, -0.15) is 0 Å². The van der Waals surface area contributed by atoms with Gasteiger partial charge in [0.05, 0.1) is 31.7 Å². The lowest BCUT2D eigenvalue weighted by Crippen LogP contribution is -2.49. The van der Waals surface area contributed by atoms with Gasteiger partial charge in [-0.3, -0.25) is 14.4 Å². The molecule has 4 aromatic rings. The van der Waals surface area contributed by atoms with Crippen molar-refractivity contribution in [3.8, 4) is 11.5 Å². The van der Waals surface area contributed by atoms with Gasteiger partial charge >= 0.3 is 0 Å². The molecule has 1 fully saturated rings. The monoisotopic (exact) mass is 574 g/mol. The molecule has 1 N–H and O–H groups in total. The molecular weight excluding hydrogens is 547 g/mol. The standard InChI is InChI=1S/C35H27FN2O5/c1-42-23-15-16-25(28(19-23)43-2)32(40)29-30(31(39)21-11-13-22(36)14-12-21)38-18-17-20-7-3-4-8-24(20)33(38)35(29)26-9-5-6-10-27(26)37-34(35)41/h3-19,29-30,33H,1-2H3,(H,37,41)/t29-,30+,33+,35-/m0/s1. The highest BCUT2D eigenvalue weighted by molar-refractivity contribution is 6.17. The Bertz CT molecular complexity index is 1830. The van der Waals surface area contributed by atoms with E-state index in [2.05, 4.69) is 5.32 Å². The summed E-state index contributed by atoms with van der Waals surface area (Å²) >= 11 is 0. The Kier molecular flexibility index (Phi) is 6.16. The number of rotatable bonds is 6. The summed E-state index contributed by atoms with van der Waals surface area (Å²) in [5.74, 6) is -2.10. The van der Waals surface area contributed by atoms with Gasteiger partial charge in [-0.1, -0.05) is 42.5 Å². The second-order valence-corrected chi connectivity index (χ2v) is 10.9. The van der Waals surface area contributed by atoms with Crippen LogP contribution < -0.4 is 14.8 Å². The number of ether oxygens (including phenoxy) is 2. The van der Waals surface area contributed by atoms with Gasteiger partial charge in [-0.25, -0.2) is 4.39 Å². The number of ketones is 2. The van der Waals surface area contributed by atoms with Crippen LogP contribution in [0.5, 0.6) is 11.5 Å². The summed E-state index contributed by atoms with van der Waals surface area (Å²) in [5.41, 5.74) is 1.92. The number of amides is 1. The van der Waals surface area contributed by atoms with Crippen molar-refractivity contribution >= 4 is 29.2 Å². The second kappa shape index (κ2) is 9.94. The van der Waals surface area contributed by atoms with Gasteiger partial charge in [0.25, 0.3) is 0 Å². The predicted molar refractivity (Wildman–Crippen MR) is 159 cm³/mol. The van der Waals surface area contributed by atoms with Gasteiger partial charge in [0.1, 0.15) is 28.8 Å². The minimum Gasteiger partial charge on any atom is -0.497 e. The van der Waals surface area contributed by atoms with E-state index in [1.165, 1.54) is 38.5 Å². The Labute approximate surface area is 247 Å². The topological polar surface area (TPSA) is 84.9 Å². The molecule has 214 valence electrons. The molecule has 43 heavy (non-hydrogen) atoms. The number of hydrogen-bond donors (Lipinski definition) is 1. The molecule has 0 bridgehead atoms. The first kappa shape index (κ1) is 26.6. The van der Waals surface area contributed by atoms with Crippen LogP contribution in [-0.2, 0) is 10.2 Å². The van der Waals surface area contributed by atoms with Crippen molar-refractivity contribution < 1.29 is 28.2 Å². The molecule has 1 amide bonds. The van der Waals surface area contributed by atoms with Gasteiger partial charge in [0, 0.05) is 23.5 Å². The van der Waals surface area contributed by atoms with E-state index >= 15 is 4.79 Å². The fourth-order valence-corrected chi connectivity index (χ4v) is 7.12. The smallest absolute Gasteiger partial charge is 0.238 e. The Balaban J connectivity index is 1.54. The molecule has 0 unspecified atom stereocenters. The number of carbonyl (C=O) groups is 3. The molecule has 4 atom stereocenters. The van der Waals surface area contributed by atoms with Crippen molar-refractivity contribution in [2.75, 3.05) is 19.5 Å². The van der Waals surface area contributed by atoms with Gasteiger partial charge in [0.15, 0.2) is 11.6 Å². The fourth-order valence-electron chi connectivity index (χ4n) is 7.12. The first-order chi connectivity index (χ1) is 20.9. The van der Waals surface area contributed by atoms with E-state index in [0.717, 1.165) is 11.1 Å². The number of halogens is 1. The highest BCUT2D eigenvalue weighted by Gasteiger charge is 2.70. The largest absolute Gasteiger partial charge is 0.497 e. The van der Waals surface area contributed by atoms with Gasteiger partial charge < -0.3 is 19.7 Å². The van der Waals surface area contributed by atoms with Crippen molar-refractivity contribution in [3.05, 3.63) is 131 Å². The lowest BCUT2D eigenvalue weighted by Gasteiger charge is -2.38. The molecule has 1 saturated heterocycles. The van der Waals surface area contributed by atoms with Crippen molar-refractivity contribution in [2.45, 2.75) is 17.5 Å². The molecule has 0 aromatic heterocycles. The maximum atomic E-state index is 15.0. The summed E-state index contributed by atoms with van der Waals surface area (Å²) in [4.78, 5) is 46.0. The Hall–Kier alpha value is -5.24. The zero-order chi connectivity index (χ0) is 29.9. The van der Waals surface area contributed by atoms with Crippen LogP contribution in [0.4, 0.5) is 10.1 Å².